The molecule has 0 saturated carbocycles. The van der Waals surface area contributed by atoms with Gasteiger partial charge in [0.15, 0.2) is 0 Å². The second-order valence-corrected chi connectivity index (χ2v) is 3.49. The lowest BCUT2D eigenvalue weighted by Crippen LogP contribution is -2.41. The predicted octanol–water partition coefficient (Wildman–Crippen LogP) is 0.476. The van der Waals surface area contributed by atoms with E-state index in [1.54, 1.807) is 7.11 Å². The van der Waals surface area contributed by atoms with Crippen LogP contribution < -0.4 is 5.32 Å². The quantitative estimate of drug-likeness (QED) is 0.672. The predicted molar refractivity (Wildman–Crippen MR) is 48.6 cm³/mol. The van der Waals surface area contributed by atoms with Crippen LogP contribution >= 0.6 is 0 Å². The molecule has 0 aromatic rings. The molecule has 0 bridgehead atoms. The second-order valence-electron chi connectivity index (χ2n) is 3.49. The first-order chi connectivity index (χ1) is 6.24. The van der Waals surface area contributed by atoms with E-state index in [1.165, 1.54) is 0 Å². The summed E-state index contributed by atoms with van der Waals surface area (Å²) in [4.78, 5) is 10.7. The Morgan fingerprint density at radius 3 is 3.08 bits per heavy atom. The van der Waals surface area contributed by atoms with Gasteiger partial charge in [-0.25, -0.2) is 0 Å². The van der Waals surface area contributed by atoms with Crippen LogP contribution in [0.15, 0.2) is 0 Å². The molecule has 2 N–H and O–H groups in total. The van der Waals surface area contributed by atoms with Crippen LogP contribution in [0.1, 0.15) is 19.3 Å². The molecule has 1 saturated heterocycles. The highest BCUT2D eigenvalue weighted by Crippen LogP contribution is 2.18. The van der Waals surface area contributed by atoms with Crippen LogP contribution in [-0.4, -0.2) is 37.4 Å². The van der Waals surface area contributed by atoms with Crippen LogP contribution in [0.25, 0.3) is 0 Å². The minimum atomic E-state index is -0.663. The molecule has 76 valence electrons. The van der Waals surface area contributed by atoms with Crippen molar-refractivity contribution in [2.24, 2.45) is 5.92 Å². The minimum Gasteiger partial charge on any atom is -0.481 e. The third-order valence-electron chi connectivity index (χ3n) is 2.51. The lowest BCUT2D eigenvalue weighted by atomic mass is 9.91. The first kappa shape index (κ1) is 10.5. The molecule has 4 heteroatoms. The first-order valence-electron chi connectivity index (χ1n) is 4.69. The van der Waals surface area contributed by atoms with Crippen molar-refractivity contribution in [2.45, 2.75) is 25.3 Å². The number of hydrogen-bond acceptors (Lipinski definition) is 3. The van der Waals surface area contributed by atoms with E-state index in [0.29, 0.717) is 12.6 Å². The van der Waals surface area contributed by atoms with Gasteiger partial charge in [0.1, 0.15) is 0 Å². The zero-order valence-electron chi connectivity index (χ0n) is 7.95. The Balaban J connectivity index is 2.29. The number of hydrogen-bond donors (Lipinski definition) is 2. The SMILES string of the molecule is COCCC1CC(C(=O)O)CCN1. The molecule has 1 aliphatic heterocycles. The van der Waals surface area contributed by atoms with Crippen LogP contribution in [0, 0.1) is 5.92 Å². The van der Waals surface area contributed by atoms with Crippen molar-refractivity contribution in [1.29, 1.82) is 0 Å². The van der Waals surface area contributed by atoms with E-state index in [0.717, 1.165) is 25.8 Å². The average Bonchev–Trinajstić information content (AvgIpc) is 2.15. The van der Waals surface area contributed by atoms with Crippen molar-refractivity contribution in [3.05, 3.63) is 0 Å². The number of nitrogens with one attached hydrogen (secondary N) is 1. The maximum Gasteiger partial charge on any atom is 0.306 e. The Morgan fingerprint density at radius 2 is 2.46 bits per heavy atom. The van der Waals surface area contributed by atoms with Crippen LogP contribution in [0.4, 0.5) is 0 Å². The molecule has 0 amide bonds. The Labute approximate surface area is 78.3 Å². The molecule has 1 heterocycles. The molecular formula is C9H17NO3. The number of methoxy groups -OCH3 is 1. The normalized spacial score (nSPS) is 28.7. The van der Waals surface area contributed by atoms with E-state index >= 15 is 0 Å². The fourth-order valence-corrected chi connectivity index (χ4v) is 1.71. The molecule has 0 aromatic heterocycles. The van der Waals surface area contributed by atoms with Crippen molar-refractivity contribution in [3.63, 3.8) is 0 Å². The molecular weight excluding hydrogens is 170 g/mol. The summed E-state index contributed by atoms with van der Waals surface area (Å²) in [6.07, 6.45) is 2.39. The van der Waals surface area contributed by atoms with Gasteiger partial charge < -0.3 is 15.2 Å². The summed E-state index contributed by atoms with van der Waals surface area (Å²) in [5, 5.41) is 12.1. The van der Waals surface area contributed by atoms with Crippen LogP contribution in [0.2, 0.25) is 0 Å². The van der Waals surface area contributed by atoms with E-state index in [-0.39, 0.29) is 5.92 Å². The topological polar surface area (TPSA) is 58.6 Å². The molecule has 0 radical (unpaired) electrons. The molecule has 2 unspecified atom stereocenters. The number of carbonyl (C=O) groups is 1. The summed E-state index contributed by atoms with van der Waals surface area (Å²) in [6, 6.07) is 0.315. The third-order valence-corrected chi connectivity index (χ3v) is 2.51. The van der Waals surface area contributed by atoms with Crippen molar-refractivity contribution in [3.8, 4) is 0 Å². The molecule has 1 aliphatic rings. The Bertz CT molecular complexity index is 172. The number of rotatable bonds is 4. The van der Waals surface area contributed by atoms with Gasteiger partial charge in [-0.05, 0) is 25.8 Å². The average molecular weight is 187 g/mol. The van der Waals surface area contributed by atoms with Gasteiger partial charge >= 0.3 is 5.97 Å². The molecule has 0 aliphatic carbocycles. The molecule has 1 fully saturated rings. The van der Waals surface area contributed by atoms with Gasteiger partial charge in [0, 0.05) is 19.8 Å². The van der Waals surface area contributed by atoms with Crippen molar-refractivity contribution >= 4 is 5.97 Å². The number of aliphatic carboxylic acids is 1. The standard InChI is InChI=1S/C9H17NO3/c1-13-5-3-8-6-7(9(11)12)2-4-10-8/h7-8,10H,2-6H2,1H3,(H,11,12). The molecule has 4 nitrogen and oxygen atoms in total. The minimum absolute atomic E-state index is 0.164. The summed E-state index contributed by atoms with van der Waals surface area (Å²) in [7, 11) is 1.66. The fraction of sp³-hybridized carbons (Fsp3) is 0.889. The monoisotopic (exact) mass is 187 g/mol. The molecule has 13 heavy (non-hydrogen) atoms. The molecule has 0 aromatic carbocycles. The smallest absolute Gasteiger partial charge is 0.306 e. The van der Waals surface area contributed by atoms with E-state index < -0.39 is 5.97 Å². The zero-order chi connectivity index (χ0) is 9.68. The summed E-state index contributed by atoms with van der Waals surface area (Å²) < 4.78 is 4.95. The summed E-state index contributed by atoms with van der Waals surface area (Å²) in [5.74, 6) is -0.827. The van der Waals surface area contributed by atoms with Crippen LogP contribution in [-0.2, 0) is 9.53 Å². The van der Waals surface area contributed by atoms with Gasteiger partial charge in [0.25, 0.3) is 0 Å². The maximum absolute atomic E-state index is 10.7. The summed E-state index contributed by atoms with van der Waals surface area (Å²) in [6.45, 7) is 1.51. The number of ether oxygens (including phenoxy) is 1. The Morgan fingerprint density at radius 1 is 1.69 bits per heavy atom. The summed E-state index contributed by atoms with van der Waals surface area (Å²) >= 11 is 0. The number of carboxylic acids is 1. The fourth-order valence-electron chi connectivity index (χ4n) is 1.71. The second kappa shape index (κ2) is 5.19. The Hall–Kier alpha value is -0.610. The molecule has 1 rings (SSSR count). The number of piperidine rings is 1. The highest BCUT2D eigenvalue weighted by molar-refractivity contribution is 5.70. The number of carboxylic acid groups (broad SMARTS) is 1. The first-order valence-corrected chi connectivity index (χ1v) is 4.69. The van der Waals surface area contributed by atoms with Crippen molar-refractivity contribution in [1.82, 2.24) is 5.32 Å². The molecule has 2 atom stereocenters. The van der Waals surface area contributed by atoms with Crippen molar-refractivity contribution < 1.29 is 14.6 Å². The molecule has 0 spiro atoms. The van der Waals surface area contributed by atoms with Gasteiger partial charge in [-0.15, -0.1) is 0 Å². The van der Waals surface area contributed by atoms with E-state index in [2.05, 4.69) is 5.32 Å². The van der Waals surface area contributed by atoms with Gasteiger partial charge in [-0.3, -0.25) is 4.79 Å². The highest BCUT2D eigenvalue weighted by Gasteiger charge is 2.25. The lowest BCUT2D eigenvalue weighted by molar-refractivity contribution is -0.143. The Kier molecular flexibility index (Phi) is 4.18. The van der Waals surface area contributed by atoms with Gasteiger partial charge in [0.2, 0.25) is 0 Å². The van der Waals surface area contributed by atoms with E-state index in [1.807, 2.05) is 0 Å². The van der Waals surface area contributed by atoms with Crippen molar-refractivity contribution in [2.75, 3.05) is 20.3 Å². The van der Waals surface area contributed by atoms with Gasteiger partial charge in [-0.2, -0.15) is 0 Å². The van der Waals surface area contributed by atoms with Gasteiger partial charge in [-0.1, -0.05) is 0 Å². The van der Waals surface area contributed by atoms with Crippen LogP contribution in [0.3, 0.4) is 0 Å². The van der Waals surface area contributed by atoms with Gasteiger partial charge in [0.05, 0.1) is 5.92 Å². The van der Waals surface area contributed by atoms with E-state index in [9.17, 15) is 4.79 Å². The third kappa shape index (κ3) is 3.32. The highest BCUT2D eigenvalue weighted by atomic mass is 16.5. The summed E-state index contributed by atoms with van der Waals surface area (Å²) in [5.41, 5.74) is 0. The lowest BCUT2D eigenvalue weighted by Gasteiger charge is -2.27. The van der Waals surface area contributed by atoms with Crippen LogP contribution in [0.5, 0.6) is 0 Å². The maximum atomic E-state index is 10.7. The largest absolute Gasteiger partial charge is 0.481 e. The zero-order valence-corrected chi connectivity index (χ0v) is 7.95. The van der Waals surface area contributed by atoms with E-state index in [4.69, 9.17) is 9.84 Å².